The molecule has 10 nitrogen and oxygen atoms in total. The monoisotopic (exact) mass is 643 g/mol. The Bertz CT molecular complexity index is 1940. The van der Waals surface area contributed by atoms with Crippen molar-refractivity contribution in [1.82, 2.24) is 29.8 Å². The van der Waals surface area contributed by atoms with Gasteiger partial charge in [0.1, 0.15) is 5.76 Å². The second kappa shape index (κ2) is 11.9. The van der Waals surface area contributed by atoms with E-state index in [9.17, 15) is 18.4 Å². The maximum absolute atomic E-state index is 15.4. The summed E-state index contributed by atoms with van der Waals surface area (Å²) < 4.78 is 50.8. The first-order valence-corrected chi connectivity index (χ1v) is 14.2. The Labute approximate surface area is 257 Å². The number of aromatic nitrogens is 6. The van der Waals surface area contributed by atoms with Crippen LogP contribution in [0.5, 0.6) is 0 Å². The van der Waals surface area contributed by atoms with Crippen LogP contribution in [0.2, 0.25) is 10.2 Å². The Morgan fingerprint density at radius 2 is 1.95 bits per heavy atom. The third-order valence-electron chi connectivity index (χ3n) is 7.49. The predicted molar refractivity (Wildman–Crippen MR) is 156 cm³/mol. The van der Waals surface area contributed by atoms with Crippen molar-refractivity contribution in [2.45, 2.75) is 38.7 Å². The Kier molecular flexibility index (Phi) is 7.99. The van der Waals surface area contributed by atoms with Crippen molar-refractivity contribution in [3.05, 3.63) is 92.7 Å². The van der Waals surface area contributed by atoms with Crippen molar-refractivity contribution in [3.63, 3.8) is 0 Å². The number of alkyl halides is 2. The average Bonchev–Trinajstić information content (AvgIpc) is 3.62. The number of hydrogen-bond donors (Lipinski definition) is 1. The van der Waals surface area contributed by atoms with E-state index in [0.29, 0.717) is 35.2 Å². The highest BCUT2D eigenvalue weighted by atomic mass is 35.5. The van der Waals surface area contributed by atoms with E-state index >= 15 is 4.39 Å². The van der Waals surface area contributed by atoms with Crippen LogP contribution < -0.4 is 10.7 Å². The first-order valence-electron chi connectivity index (χ1n) is 13.4. The maximum Gasteiger partial charge on any atom is 0.333 e. The van der Waals surface area contributed by atoms with Crippen LogP contribution in [-0.4, -0.2) is 35.7 Å². The van der Waals surface area contributed by atoms with E-state index in [2.05, 4.69) is 25.7 Å². The van der Waals surface area contributed by atoms with Gasteiger partial charge in [0.15, 0.2) is 16.4 Å². The predicted octanol–water partition coefficient (Wildman–Crippen LogP) is 6.88. The van der Waals surface area contributed by atoms with Gasteiger partial charge in [-0.2, -0.15) is 13.9 Å². The average molecular weight is 644 g/mol. The fourth-order valence-electron chi connectivity index (χ4n) is 5.29. The lowest BCUT2D eigenvalue weighted by Gasteiger charge is -2.20. The van der Waals surface area contributed by atoms with E-state index in [1.54, 1.807) is 13.0 Å². The summed E-state index contributed by atoms with van der Waals surface area (Å²) in [6, 6.07) is 7.06. The van der Waals surface area contributed by atoms with Gasteiger partial charge in [-0.15, -0.1) is 5.10 Å². The largest absolute Gasteiger partial charge is 0.464 e. The van der Waals surface area contributed by atoms with Crippen LogP contribution in [-0.2, 0) is 4.79 Å². The lowest BCUT2D eigenvalue weighted by atomic mass is 9.88. The SMILES string of the molecule is C[C@@H]1CCC[C@H](c2coc(-c3c(-n4cc(Cl)nn4)ccc(Cl)c3F)cc2=O)c2cc(ccn2)-c2c(cnn2C(F)F)NC1=O. The number of carbonyl (C=O) groups excluding carboxylic acids is 1. The second-order valence-electron chi connectivity index (χ2n) is 10.3. The molecule has 4 aromatic heterocycles. The van der Waals surface area contributed by atoms with Crippen molar-refractivity contribution < 1.29 is 22.4 Å². The third-order valence-corrected chi connectivity index (χ3v) is 7.96. The second-order valence-corrected chi connectivity index (χ2v) is 11.1. The number of amides is 1. The number of hydrogen-bond acceptors (Lipinski definition) is 7. The van der Waals surface area contributed by atoms with Crippen molar-refractivity contribution in [2.75, 3.05) is 5.32 Å². The van der Waals surface area contributed by atoms with Gasteiger partial charge >= 0.3 is 6.55 Å². The normalized spacial score (nSPS) is 17.1. The molecule has 0 aliphatic carbocycles. The molecular formula is C29H22Cl2F3N7O3. The highest BCUT2D eigenvalue weighted by Crippen LogP contribution is 2.37. The number of carbonyl (C=O) groups is 1. The van der Waals surface area contributed by atoms with Gasteiger partial charge in [-0.05, 0) is 37.1 Å². The number of halogens is 5. The molecule has 0 unspecified atom stereocenters. The molecule has 0 radical (unpaired) electrons. The molecule has 0 saturated heterocycles. The molecule has 0 saturated carbocycles. The van der Waals surface area contributed by atoms with Crippen LogP contribution in [0, 0.1) is 11.7 Å². The maximum atomic E-state index is 15.4. The highest BCUT2D eigenvalue weighted by Gasteiger charge is 2.27. The van der Waals surface area contributed by atoms with E-state index in [-0.39, 0.29) is 50.0 Å². The van der Waals surface area contributed by atoms with Gasteiger partial charge < -0.3 is 9.73 Å². The van der Waals surface area contributed by atoms with Crippen LogP contribution in [0.3, 0.4) is 0 Å². The number of nitrogens with zero attached hydrogens (tertiary/aromatic N) is 6. The minimum absolute atomic E-state index is 0.00285. The summed E-state index contributed by atoms with van der Waals surface area (Å²) in [4.78, 5) is 31.0. The molecule has 6 rings (SSSR count). The number of anilines is 1. The Hall–Kier alpha value is -4.49. The quantitative estimate of drug-likeness (QED) is 0.227. The molecule has 1 N–H and O–H groups in total. The summed E-state index contributed by atoms with van der Waals surface area (Å²) in [6.07, 6.45) is 6.55. The van der Waals surface area contributed by atoms with E-state index in [0.717, 1.165) is 6.07 Å². The minimum atomic E-state index is -2.97. The third kappa shape index (κ3) is 5.48. The highest BCUT2D eigenvalue weighted by molar-refractivity contribution is 6.31. The van der Waals surface area contributed by atoms with Crippen molar-refractivity contribution >= 4 is 34.8 Å². The first-order chi connectivity index (χ1) is 21.1. The van der Waals surface area contributed by atoms with Crippen molar-refractivity contribution in [3.8, 4) is 28.3 Å². The molecule has 2 atom stereocenters. The summed E-state index contributed by atoms with van der Waals surface area (Å²) >= 11 is 12.0. The van der Waals surface area contributed by atoms with Gasteiger partial charge in [-0.1, -0.05) is 41.8 Å². The van der Waals surface area contributed by atoms with E-state index in [1.807, 2.05) is 0 Å². The van der Waals surface area contributed by atoms with Crippen molar-refractivity contribution in [2.24, 2.45) is 5.92 Å². The van der Waals surface area contributed by atoms with Crippen molar-refractivity contribution in [1.29, 1.82) is 0 Å². The summed E-state index contributed by atoms with van der Waals surface area (Å²) in [6.45, 7) is -1.24. The standard InChI is InChI=1S/C29H22Cl2F3N7O3/c1-14-3-2-4-16(19-9-15(7-8-35-19)27-20(37-28(14)43)11-36-41(27)29(33)34)17-13-44-23(10-22(17)42)25-21(6-5-18(30)26(25)32)40-12-24(31)38-39-40/h5-14,16,29H,2-4H2,1H3,(H,37,43)/t14-,16-/m1/s1. The fourth-order valence-corrected chi connectivity index (χ4v) is 5.57. The smallest absolute Gasteiger partial charge is 0.333 e. The number of fused-ring (bicyclic) bond motifs is 4. The van der Waals surface area contributed by atoms with E-state index < -0.39 is 29.6 Å². The zero-order valence-corrected chi connectivity index (χ0v) is 24.4. The molecule has 0 fully saturated rings. The molecule has 5 heterocycles. The van der Waals surface area contributed by atoms with Gasteiger partial charge in [0.25, 0.3) is 0 Å². The first kappa shape index (κ1) is 29.6. The summed E-state index contributed by atoms with van der Waals surface area (Å²) in [5.74, 6) is -2.41. The van der Waals surface area contributed by atoms with E-state index in [4.69, 9.17) is 27.6 Å². The van der Waals surface area contributed by atoms with E-state index in [1.165, 1.54) is 47.7 Å². The van der Waals surface area contributed by atoms with Crippen LogP contribution in [0.4, 0.5) is 18.9 Å². The molecule has 1 aliphatic heterocycles. The fraction of sp³-hybridized carbons (Fsp3) is 0.241. The molecule has 1 amide bonds. The molecule has 1 aliphatic rings. The molecule has 226 valence electrons. The number of rotatable bonds is 4. The Morgan fingerprint density at radius 1 is 1.14 bits per heavy atom. The molecule has 44 heavy (non-hydrogen) atoms. The van der Waals surface area contributed by atoms with Gasteiger partial charge in [0.2, 0.25) is 5.91 Å². The van der Waals surface area contributed by atoms with Gasteiger partial charge in [0, 0.05) is 40.9 Å². The lowest BCUT2D eigenvalue weighted by Crippen LogP contribution is -2.22. The zero-order chi connectivity index (χ0) is 31.1. The van der Waals surface area contributed by atoms with Crippen LogP contribution >= 0.6 is 23.2 Å². The molecule has 15 heteroatoms. The summed E-state index contributed by atoms with van der Waals surface area (Å²) in [5, 5.41) is 13.9. The van der Waals surface area contributed by atoms with Gasteiger partial charge in [-0.25, -0.2) is 13.8 Å². The number of benzene rings is 1. The Morgan fingerprint density at radius 3 is 2.68 bits per heavy atom. The van der Waals surface area contributed by atoms with Crippen LogP contribution in [0.25, 0.3) is 28.3 Å². The van der Waals surface area contributed by atoms with Crippen LogP contribution in [0.15, 0.2) is 64.4 Å². The molecule has 0 spiro atoms. The Balaban J connectivity index is 1.47. The summed E-state index contributed by atoms with van der Waals surface area (Å²) in [7, 11) is 0. The number of nitrogens with one attached hydrogen (secondary N) is 1. The minimum Gasteiger partial charge on any atom is -0.464 e. The van der Waals surface area contributed by atoms with Gasteiger partial charge in [0.05, 0.1) is 46.3 Å². The topological polar surface area (TPSA) is 121 Å². The van der Waals surface area contributed by atoms with Gasteiger partial charge in [-0.3, -0.25) is 14.6 Å². The zero-order valence-electron chi connectivity index (χ0n) is 22.8. The lowest BCUT2D eigenvalue weighted by molar-refractivity contribution is -0.119. The molecule has 1 aromatic carbocycles. The molecule has 5 aromatic rings. The number of pyridine rings is 1. The summed E-state index contributed by atoms with van der Waals surface area (Å²) in [5.41, 5.74) is 0.651. The van der Waals surface area contributed by atoms with Crippen LogP contribution in [0.1, 0.15) is 49.9 Å². The molecule has 2 bridgehead atoms. The molecular weight excluding hydrogens is 622 g/mol.